The van der Waals surface area contributed by atoms with Gasteiger partial charge in [-0.25, -0.2) is 0 Å². The topological polar surface area (TPSA) is 44.4 Å². The first kappa shape index (κ1) is 15.4. The van der Waals surface area contributed by atoms with E-state index >= 15 is 0 Å². The first-order valence-corrected chi connectivity index (χ1v) is 6.33. The fraction of sp³-hybridized carbons (Fsp3) is 0.357. The quantitative estimate of drug-likeness (QED) is 0.828. The van der Waals surface area contributed by atoms with Crippen LogP contribution in [0.2, 0.25) is 5.02 Å². The highest BCUT2D eigenvalue weighted by molar-refractivity contribution is 6.34. The van der Waals surface area contributed by atoms with Crippen LogP contribution < -0.4 is 15.5 Å². The molecule has 0 aliphatic carbocycles. The number of carbonyl (C=O) groups is 1. The van der Waals surface area contributed by atoms with Crippen molar-refractivity contribution in [3.8, 4) is 12.8 Å². The van der Waals surface area contributed by atoms with Crippen molar-refractivity contribution in [2.24, 2.45) is 0 Å². The van der Waals surface area contributed by atoms with Crippen molar-refractivity contribution >= 4 is 23.2 Å². The lowest BCUT2D eigenvalue weighted by Crippen LogP contribution is -2.52. The van der Waals surface area contributed by atoms with Crippen LogP contribution in [-0.2, 0) is 0 Å². The maximum atomic E-state index is 11.9. The molecule has 1 atom stereocenters. The van der Waals surface area contributed by atoms with Crippen LogP contribution >= 0.6 is 11.6 Å². The average molecular weight is 280 g/mol. The number of fused-ring (bicyclic) bond motifs is 1. The molecule has 0 saturated carbocycles. The van der Waals surface area contributed by atoms with E-state index in [1.54, 1.807) is 12.1 Å². The normalized spacial score (nSPS) is 17.0. The number of terminal acetylenes is 1. The molecule has 1 aliphatic rings. The van der Waals surface area contributed by atoms with Crippen LogP contribution in [0.15, 0.2) is 18.2 Å². The molecule has 1 heterocycles. The number of nitrogens with zero attached hydrogens (tertiary/aromatic N) is 1. The smallest absolute Gasteiger partial charge is 0.255 e. The third kappa shape index (κ3) is 3.19. The molecule has 0 fully saturated rings. The molecule has 1 unspecified atom stereocenters. The zero-order chi connectivity index (χ0) is 14.4. The summed E-state index contributed by atoms with van der Waals surface area (Å²) in [7, 11) is 3.84. The van der Waals surface area contributed by atoms with Gasteiger partial charge in [-0.2, -0.15) is 0 Å². The van der Waals surface area contributed by atoms with Gasteiger partial charge in [-0.1, -0.05) is 17.7 Å². The number of para-hydroxylation sites is 1. The minimum Gasteiger partial charge on any atom is -0.352 e. The highest BCUT2D eigenvalue weighted by Gasteiger charge is 2.29. The number of rotatable bonds is 3. The molecule has 0 bridgehead atoms. The Balaban J connectivity index is 0.000000861. The highest BCUT2D eigenvalue weighted by Crippen LogP contribution is 2.33. The van der Waals surface area contributed by atoms with Crippen molar-refractivity contribution in [3.63, 3.8) is 0 Å². The lowest BCUT2D eigenvalue weighted by molar-refractivity contribution is 0.0926. The van der Waals surface area contributed by atoms with E-state index in [4.69, 9.17) is 11.6 Å². The van der Waals surface area contributed by atoms with E-state index in [0.29, 0.717) is 10.6 Å². The van der Waals surface area contributed by atoms with Crippen LogP contribution in [0.3, 0.4) is 0 Å². The van der Waals surface area contributed by atoms with Gasteiger partial charge < -0.3 is 15.5 Å². The molecule has 0 spiro atoms. The number of halogens is 1. The van der Waals surface area contributed by atoms with Gasteiger partial charge in [0.2, 0.25) is 0 Å². The molecule has 4 nitrogen and oxygen atoms in total. The SMILES string of the molecule is C#C.CNCCC1NC(=O)c2cccc(Cl)c2N1C. The van der Waals surface area contributed by atoms with Gasteiger partial charge in [-0.05, 0) is 32.1 Å². The molecule has 0 aromatic heterocycles. The summed E-state index contributed by atoms with van der Waals surface area (Å²) in [4.78, 5) is 14.0. The summed E-state index contributed by atoms with van der Waals surface area (Å²) >= 11 is 6.16. The number of benzene rings is 1. The van der Waals surface area contributed by atoms with Crippen LogP contribution in [-0.4, -0.2) is 32.7 Å². The van der Waals surface area contributed by atoms with Gasteiger partial charge in [-0.15, -0.1) is 12.8 Å². The molecule has 0 radical (unpaired) electrons. The van der Waals surface area contributed by atoms with E-state index in [1.807, 2.05) is 25.1 Å². The van der Waals surface area contributed by atoms with Crippen molar-refractivity contribution in [1.29, 1.82) is 0 Å². The number of nitrogens with one attached hydrogen (secondary N) is 2. The van der Waals surface area contributed by atoms with Crippen molar-refractivity contribution < 1.29 is 4.79 Å². The summed E-state index contributed by atoms with van der Waals surface area (Å²) in [5.74, 6) is -0.0540. The molecule has 2 rings (SSSR count). The summed E-state index contributed by atoms with van der Waals surface area (Å²) in [6, 6.07) is 5.40. The molecular formula is C14H18ClN3O. The van der Waals surface area contributed by atoms with Gasteiger partial charge in [0.15, 0.2) is 0 Å². The maximum absolute atomic E-state index is 11.9. The number of hydrogen-bond acceptors (Lipinski definition) is 3. The van der Waals surface area contributed by atoms with Gasteiger partial charge in [0.1, 0.15) is 6.17 Å². The molecule has 102 valence electrons. The minimum absolute atomic E-state index is 0.0117. The third-order valence-corrected chi connectivity index (χ3v) is 3.32. The van der Waals surface area contributed by atoms with E-state index < -0.39 is 0 Å². The first-order chi connectivity index (χ1) is 9.15. The standard InChI is InChI=1S/C12H16ClN3O.C2H2/c1-14-7-6-10-15-12(17)8-4-3-5-9(13)11(8)16(10)2;1-2/h3-5,10,14H,6-7H2,1-2H3,(H,15,17);1-2H. The Labute approximate surface area is 119 Å². The summed E-state index contributed by atoms with van der Waals surface area (Å²) in [6.45, 7) is 0.842. The molecule has 19 heavy (non-hydrogen) atoms. The second-order valence-electron chi connectivity index (χ2n) is 4.13. The average Bonchev–Trinajstić information content (AvgIpc) is 2.43. The van der Waals surface area contributed by atoms with Crippen molar-refractivity contribution in [2.45, 2.75) is 12.6 Å². The predicted molar refractivity (Wildman–Crippen MR) is 79.5 cm³/mol. The van der Waals surface area contributed by atoms with Gasteiger partial charge in [0.05, 0.1) is 16.3 Å². The van der Waals surface area contributed by atoms with Gasteiger partial charge in [0.25, 0.3) is 5.91 Å². The number of amides is 1. The molecule has 1 aromatic carbocycles. The van der Waals surface area contributed by atoms with E-state index in [0.717, 1.165) is 18.7 Å². The molecule has 1 aromatic rings. The Hall–Kier alpha value is -1.70. The number of anilines is 1. The predicted octanol–water partition coefficient (Wildman–Crippen LogP) is 1.70. The van der Waals surface area contributed by atoms with Crippen LogP contribution in [0.25, 0.3) is 0 Å². The van der Waals surface area contributed by atoms with Crippen molar-refractivity contribution in [1.82, 2.24) is 10.6 Å². The number of carbonyl (C=O) groups excluding carboxylic acids is 1. The van der Waals surface area contributed by atoms with Gasteiger partial charge >= 0.3 is 0 Å². The lowest BCUT2D eigenvalue weighted by Gasteiger charge is -2.36. The monoisotopic (exact) mass is 279 g/mol. The molecule has 5 heteroatoms. The summed E-state index contributed by atoms with van der Waals surface area (Å²) in [5.41, 5.74) is 1.46. The minimum atomic E-state index is -0.0540. The zero-order valence-corrected chi connectivity index (χ0v) is 11.9. The van der Waals surface area contributed by atoms with Gasteiger partial charge in [0, 0.05) is 7.05 Å². The van der Waals surface area contributed by atoms with Gasteiger partial charge in [-0.3, -0.25) is 4.79 Å². The largest absolute Gasteiger partial charge is 0.352 e. The fourth-order valence-electron chi connectivity index (χ4n) is 2.09. The van der Waals surface area contributed by atoms with Crippen LogP contribution in [0, 0.1) is 12.8 Å². The molecule has 1 amide bonds. The Morgan fingerprint density at radius 1 is 1.47 bits per heavy atom. The summed E-state index contributed by atoms with van der Waals surface area (Å²) < 4.78 is 0. The zero-order valence-electron chi connectivity index (χ0n) is 11.1. The Morgan fingerprint density at radius 2 is 2.16 bits per heavy atom. The Bertz CT molecular complexity index is 473. The van der Waals surface area contributed by atoms with Crippen molar-refractivity contribution in [2.75, 3.05) is 25.5 Å². The Morgan fingerprint density at radius 3 is 2.79 bits per heavy atom. The third-order valence-electron chi connectivity index (χ3n) is 3.02. The molecule has 2 N–H and O–H groups in total. The van der Waals surface area contributed by atoms with Crippen LogP contribution in [0.5, 0.6) is 0 Å². The lowest BCUT2D eigenvalue weighted by atomic mass is 10.1. The van der Waals surface area contributed by atoms with Crippen LogP contribution in [0.1, 0.15) is 16.8 Å². The molecule has 0 saturated heterocycles. The fourth-order valence-corrected chi connectivity index (χ4v) is 2.39. The highest BCUT2D eigenvalue weighted by atomic mass is 35.5. The molecular weight excluding hydrogens is 262 g/mol. The van der Waals surface area contributed by atoms with E-state index in [1.165, 1.54) is 0 Å². The van der Waals surface area contributed by atoms with Crippen molar-refractivity contribution in [3.05, 3.63) is 28.8 Å². The van der Waals surface area contributed by atoms with Crippen LogP contribution in [0.4, 0.5) is 5.69 Å². The first-order valence-electron chi connectivity index (χ1n) is 5.95. The van der Waals surface area contributed by atoms with E-state index in [9.17, 15) is 4.79 Å². The second kappa shape index (κ2) is 7.03. The molecule has 1 aliphatic heterocycles. The second-order valence-corrected chi connectivity index (χ2v) is 4.54. The summed E-state index contributed by atoms with van der Waals surface area (Å²) in [5, 5.41) is 6.67. The number of hydrogen-bond donors (Lipinski definition) is 2. The van der Waals surface area contributed by atoms with E-state index in [2.05, 4.69) is 23.5 Å². The van der Waals surface area contributed by atoms with E-state index in [-0.39, 0.29) is 12.1 Å². The summed E-state index contributed by atoms with van der Waals surface area (Å²) in [6.07, 6.45) is 8.82. The Kier molecular flexibility index (Phi) is 5.68. The maximum Gasteiger partial charge on any atom is 0.255 e.